The number of esters is 1. The minimum absolute atomic E-state index is 0.00165. The molecule has 0 unspecified atom stereocenters. The van der Waals surface area contributed by atoms with Gasteiger partial charge >= 0.3 is 5.97 Å². The zero-order valence-electron chi connectivity index (χ0n) is 15.8. The van der Waals surface area contributed by atoms with Crippen LogP contribution in [-0.4, -0.2) is 49.7 Å². The van der Waals surface area contributed by atoms with E-state index in [9.17, 15) is 22.8 Å². The largest absolute Gasteiger partial charge is 0.453 e. The van der Waals surface area contributed by atoms with Crippen LogP contribution in [0, 0.1) is 13.8 Å². The van der Waals surface area contributed by atoms with Crippen molar-refractivity contribution in [1.82, 2.24) is 5.32 Å². The molecule has 1 heterocycles. The summed E-state index contributed by atoms with van der Waals surface area (Å²) in [6.07, 6.45) is -0.810. The number of aryl methyl sites for hydroxylation is 2. The quantitative estimate of drug-likeness (QED) is 0.554. The number of Topliss-reactive ketones (excluding diaryl/α,β-unsaturated/α-hetero) is 1. The average Bonchev–Trinajstić information content (AvgIpc) is 2.93. The van der Waals surface area contributed by atoms with Crippen molar-refractivity contribution in [2.45, 2.75) is 52.2 Å². The molecule has 8 heteroatoms. The molecule has 1 aromatic carbocycles. The normalized spacial score (nSPS) is 19.3. The van der Waals surface area contributed by atoms with Gasteiger partial charge in [-0.2, -0.15) is 0 Å². The molecule has 7 nitrogen and oxygen atoms in total. The molecule has 0 bridgehead atoms. The van der Waals surface area contributed by atoms with Crippen LogP contribution >= 0.6 is 0 Å². The molecule has 0 radical (unpaired) electrons. The van der Waals surface area contributed by atoms with Gasteiger partial charge < -0.3 is 10.1 Å². The Morgan fingerprint density at radius 1 is 1.22 bits per heavy atom. The Morgan fingerprint density at radius 3 is 2.56 bits per heavy atom. The molecule has 2 rings (SSSR count). The Balaban J connectivity index is 1.80. The van der Waals surface area contributed by atoms with Gasteiger partial charge in [-0.15, -0.1) is 0 Å². The first-order chi connectivity index (χ1) is 12.6. The number of ether oxygens (including phenoxy) is 1. The van der Waals surface area contributed by atoms with Gasteiger partial charge in [0.25, 0.3) is 5.91 Å². The average molecular weight is 395 g/mol. The van der Waals surface area contributed by atoms with Gasteiger partial charge in [0.15, 0.2) is 21.7 Å². The van der Waals surface area contributed by atoms with E-state index >= 15 is 0 Å². The third-order valence-electron chi connectivity index (χ3n) is 4.51. The lowest BCUT2D eigenvalue weighted by atomic mass is 9.99. The van der Waals surface area contributed by atoms with Crippen molar-refractivity contribution in [1.29, 1.82) is 0 Å². The Morgan fingerprint density at radius 2 is 1.93 bits per heavy atom. The van der Waals surface area contributed by atoms with Crippen molar-refractivity contribution in [3.8, 4) is 0 Å². The number of sulfone groups is 1. The summed E-state index contributed by atoms with van der Waals surface area (Å²) < 4.78 is 27.9. The lowest BCUT2D eigenvalue weighted by Crippen LogP contribution is -2.42. The molecular formula is C19H25NO6S. The lowest BCUT2D eigenvalue weighted by Gasteiger charge is -2.16. The number of carbonyl (C=O) groups is 3. The second-order valence-electron chi connectivity index (χ2n) is 6.98. The molecule has 1 aliphatic heterocycles. The van der Waals surface area contributed by atoms with E-state index in [4.69, 9.17) is 4.74 Å². The van der Waals surface area contributed by atoms with Crippen LogP contribution in [0.4, 0.5) is 0 Å². The Kier molecular flexibility index (Phi) is 6.75. The van der Waals surface area contributed by atoms with E-state index < -0.39 is 33.9 Å². The highest BCUT2D eigenvalue weighted by Gasteiger charge is 2.30. The van der Waals surface area contributed by atoms with Gasteiger partial charge in [0, 0.05) is 18.0 Å². The maximum Gasteiger partial charge on any atom is 0.307 e. The molecule has 1 aromatic rings. The van der Waals surface area contributed by atoms with E-state index in [0.717, 1.165) is 11.1 Å². The molecule has 0 aromatic heterocycles. The topological polar surface area (TPSA) is 107 Å². The van der Waals surface area contributed by atoms with Gasteiger partial charge in [-0.3, -0.25) is 14.4 Å². The highest BCUT2D eigenvalue weighted by atomic mass is 32.2. The summed E-state index contributed by atoms with van der Waals surface area (Å²) in [5.74, 6) is -1.38. The molecule has 1 saturated heterocycles. The molecular weight excluding hydrogens is 370 g/mol. The Hall–Kier alpha value is -2.22. The molecule has 1 N–H and O–H groups in total. The molecule has 0 aliphatic carbocycles. The van der Waals surface area contributed by atoms with E-state index in [1.807, 2.05) is 26.0 Å². The van der Waals surface area contributed by atoms with Crippen LogP contribution < -0.4 is 5.32 Å². The van der Waals surface area contributed by atoms with E-state index in [1.165, 1.54) is 6.92 Å². The molecule has 2 atom stereocenters. The van der Waals surface area contributed by atoms with Crippen molar-refractivity contribution >= 4 is 27.5 Å². The van der Waals surface area contributed by atoms with Crippen molar-refractivity contribution in [2.24, 2.45) is 0 Å². The minimum Gasteiger partial charge on any atom is -0.453 e. The molecule has 0 spiro atoms. The first-order valence-electron chi connectivity index (χ1n) is 8.88. The Labute approximate surface area is 159 Å². The van der Waals surface area contributed by atoms with Gasteiger partial charge in [0.2, 0.25) is 0 Å². The van der Waals surface area contributed by atoms with Crippen molar-refractivity contribution < 1.29 is 27.5 Å². The summed E-state index contributed by atoms with van der Waals surface area (Å²) >= 11 is 0. The minimum atomic E-state index is -3.10. The van der Waals surface area contributed by atoms with Crippen LogP contribution in [0.1, 0.15) is 47.7 Å². The number of amides is 1. The predicted molar refractivity (Wildman–Crippen MR) is 100 cm³/mol. The number of hydrogen-bond donors (Lipinski definition) is 1. The van der Waals surface area contributed by atoms with E-state index in [0.29, 0.717) is 12.0 Å². The summed E-state index contributed by atoms with van der Waals surface area (Å²) in [7, 11) is -3.10. The van der Waals surface area contributed by atoms with Crippen LogP contribution in [-0.2, 0) is 24.2 Å². The summed E-state index contributed by atoms with van der Waals surface area (Å²) in [5, 5.41) is 2.58. The second kappa shape index (κ2) is 8.65. The number of ketones is 1. The van der Waals surface area contributed by atoms with E-state index in [2.05, 4.69) is 5.32 Å². The van der Waals surface area contributed by atoms with Crippen LogP contribution in [0.3, 0.4) is 0 Å². The molecule has 27 heavy (non-hydrogen) atoms. The third kappa shape index (κ3) is 6.16. The first-order valence-corrected chi connectivity index (χ1v) is 10.7. The van der Waals surface area contributed by atoms with Crippen molar-refractivity contribution in [2.75, 3.05) is 11.5 Å². The van der Waals surface area contributed by atoms with E-state index in [-0.39, 0.29) is 30.1 Å². The number of nitrogens with one attached hydrogen (secondary N) is 1. The highest BCUT2D eigenvalue weighted by Crippen LogP contribution is 2.15. The molecule has 1 aliphatic rings. The fraction of sp³-hybridized carbons (Fsp3) is 0.526. The van der Waals surface area contributed by atoms with Crippen LogP contribution in [0.2, 0.25) is 0 Å². The van der Waals surface area contributed by atoms with Crippen molar-refractivity contribution in [3.63, 3.8) is 0 Å². The van der Waals surface area contributed by atoms with Gasteiger partial charge in [0.1, 0.15) is 0 Å². The molecule has 1 amide bonds. The first kappa shape index (κ1) is 21.1. The number of benzene rings is 1. The Bertz CT molecular complexity index is 846. The SMILES string of the molecule is Cc1ccc(C)c(C(=O)CCC(=O)O[C@H](C)C(=O)N[C@@H]2CCS(=O)(=O)C2)c1. The van der Waals surface area contributed by atoms with Gasteiger partial charge in [0.05, 0.1) is 17.9 Å². The number of carbonyl (C=O) groups excluding carboxylic acids is 3. The molecule has 1 fully saturated rings. The highest BCUT2D eigenvalue weighted by molar-refractivity contribution is 7.91. The number of hydrogen-bond acceptors (Lipinski definition) is 6. The van der Waals surface area contributed by atoms with E-state index in [1.54, 1.807) is 6.07 Å². The smallest absolute Gasteiger partial charge is 0.307 e. The predicted octanol–water partition coefficient (Wildman–Crippen LogP) is 1.50. The summed E-state index contributed by atoms with van der Waals surface area (Å²) in [4.78, 5) is 36.3. The van der Waals surface area contributed by atoms with Gasteiger partial charge in [-0.05, 0) is 38.8 Å². The summed E-state index contributed by atoms with van der Waals surface area (Å²) in [5.41, 5.74) is 2.39. The van der Waals surface area contributed by atoms with Crippen LogP contribution in [0.25, 0.3) is 0 Å². The fourth-order valence-corrected chi connectivity index (χ4v) is 4.60. The molecule has 148 valence electrons. The molecule has 0 saturated carbocycles. The lowest BCUT2D eigenvalue weighted by molar-refractivity contribution is -0.154. The third-order valence-corrected chi connectivity index (χ3v) is 6.27. The summed E-state index contributed by atoms with van der Waals surface area (Å²) in [6.45, 7) is 5.14. The maximum atomic E-state index is 12.3. The van der Waals surface area contributed by atoms with Crippen LogP contribution in [0.15, 0.2) is 18.2 Å². The monoisotopic (exact) mass is 395 g/mol. The summed E-state index contributed by atoms with van der Waals surface area (Å²) in [6, 6.07) is 5.11. The van der Waals surface area contributed by atoms with Gasteiger partial charge in [-0.25, -0.2) is 8.42 Å². The second-order valence-corrected chi connectivity index (χ2v) is 9.21. The van der Waals surface area contributed by atoms with Crippen molar-refractivity contribution in [3.05, 3.63) is 34.9 Å². The van der Waals surface area contributed by atoms with Crippen LogP contribution in [0.5, 0.6) is 0 Å². The number of rotatable bonds is 7. The zero-order chi connectivity index (χ0) is 20.2. The standard InChI is InChI=1S/C19H25NO6S/c1-12-4-5-13(2)16(10-12)17(21)6-7-18(22)26-14(3)19(23)20-15-8-9-27(24,25)11-15/h4-5,10,14-15H,6-9,11H2,1-3H3,(H,20,23)/t14-,15-/m1/s1. The van der Waals surface area contributed by atoms with Gasteiger partial charge in [-0.1, -0.05) is 17.7 Å². The maximum absolute atomic E-state index is 12.3. The fourth-order valence-electron chi connectivity index (χ4n) is 2.92. The zero-order valence-corrected chi connectivity index (χ0v) is 16.6.